The molecule has 0 saturated carbocycles. The summed E-state index contributed by atoms with van der Waals surface area (Å²) in [6, 6.07) is 3.69. The Kier molecular flexibility index (Phi) is 2.47. The number of carboxylic acids is 1. The van der Waals surface area contributed by atoms with Gasteiger partial charge >= 0.3 is 0 Å². The van der Waals surface area contributed by atoms with E-state index in [9.17, 15) is 14.7 Å². The van der Waals surface area contributed by atoms with Crippen molar-refractivity contribution in [3.05, 3.63) is 42.2 Å². The smallest absolute Gasteiger partial charge is 0.230 e. The van der Waals surface area contributed by atoms with Gasteiger partial charge in [0.2, 0.25) is 5.91 Å². The van der Waals surface area contributed by atoms with Crippen LogP contribution in [0.4, 0.5) is 0 Å². The Morgan fingerprint density at radius 2 is 2.43 bits per heavy atom. The summed E-state index contributed by atoms with van der Waals surface area (Å²) >= 11 is 0. The molecule has 0 aliphatic carbocycles. The van der Waals surface area contributed by atoms with E-state index in [-0.39, 0.29) is 5.91 Å². The zero-order valence-electron chi connectivity index (χ0n) is 11.1. The number of nitrogens with zero attached hydrogens (tertiary/aromatic N) is 2. The van der Waals surface area contributed by atoms with E-state index in [4.69, 9.17) is 4.74 Å². The molecule has 0 N–H and O–H groups in total. The maximum Gasteiger partial charge on any atom is 0.230 e. The maximum absolute atomic E-state index is 12.6. The van der Waals surface area contributed by atoms with Gasteiger partial charge in [-0.2, -0.15) is 0 Å². The molecule has 2 fully saturated rings. The molecule has 0 radical (unpaired) electrons. The number of ether oxygens (including phenoxy) is 1. The zero-order chi connectivity index (χ0) is 14.6. The van der Waals surface area contributed by atoms with Crippen molar-refractivity contribution in [3.63, 3.8) is 0 Å². The Balaban J connectivity index is 1.63. The molecule has 3 aliphatic heterocycles. The van der Waals surface area contributed by atoms with E-state index >= 15 is 0 Å². The summed E-state index contributed by atoms with van der Waals surface area (Å²) in [7, 11) is 0. The Labute approximate surface area is 121 Å². The third kappa shape index (κ3) is 1.65. The molecule has 1 amide bonds. The van der Waals surface area contributed by atoms with E-state index in [1.807, 2.05) is 12.1 Å². The molecule has 108 valence electrons. The van der Waals surface area contributed by atoms with Gasteiger partial charge in [-0.05, 0) is 11.6 Å². The van der Waals surface area contributed by atoms with E-state index < -0.39 is 29.5 Å². The molecule has 1 spiro atoms. The first-order valence-corrected chi connectivity index (χ1v) is 6.86. The number of carboxylic acid groups (broad SMARTS) is 1. The van der Waals surface area contributed by atoms with Crippen LogP contribution in [-0.2, 0) is 20.9 Å². The van der Waals surface area contributed by atoms with Gasteiger partial charge in [0.05, 0.1) is 18.6 Å². The van der Waals surface area contributed by atoms with Crippen LogP contribution < -0.4 is 5.11 Å². The van der Waals surface area contributed by atoms with Gasteiger partial charge in [-0.15, -0.1) is 0 Å². The molecular weight excluding hydrogens is 272 g/mol. The molecule has 6 nitrogen and oxygen atoms in total. The number of carbonyl (C=O) groups excluding carboxylic acids is 2. The fourth-order valence-corrected chi connectivity index (χ4v) is 3.69. The van der Waals surface area contributed by atoms with Crippen LogP contribution in [0.25, 0.3) is 0 Å². The summed E-state index contributed by atoms with van der Waals surface area (Å²) in [5.74, 6) is -2.96. The number of hydrogen-bond acceptors (Lipinski definition) is 5. The fraction of sp³-hybridized carbons (Fsp3) is 0.400. The number of pyridine rings is 1. The molecule has 2 saturated heterocycles. The second-order valence-corrected chi connectivity index (χ2v) is 5.77. The lowest BCUT2D eigenvalue weighted by Gasteiger charge is -2.24. The standard InChI is InChI=1S/C15H14N2O4/c18-13-12-11(14(19)20)10-3-4-15(12,21-10)8-17(13)7-9-2-1-5-16-6-9/h1-6,10-12H,7-8H2,(H,19,20)/p-1/t10-,11+,12-,15+/m0/s1. The van der Waals surface area contributed by atoms with Crippen molar-refractivity contribution in [1.82, 2.24) is 9.88 Å². The molecule has 1 aromatic rings. The number of fused-ring (bicyclic) bond motifs is 1. The lowest BCUT2D eigenvalue weighted by atomic mass is 9.77. The highest BCUT2D eigenvalue weighted by Crippen LogP contribution is 2.51. The largest absolute Gasteiger partial charge is 0.550 e. The van der Waals surface area contributed by atoms with Crippen LogP contribution >= 0.6 is 0 Å². The molecule has 6 heteroatoms. The molecule has 4 atom stereocenters. The van der Waals surface area contributed by atoms with Gasteiger partial charge in [0.15, 0.2) is 0 Å². The first kappa shape index (κ1) is 12.5. The summed E-state index contributed by atoms with van der Waals surface area (Å²) in [6.07, 6.45) is 6.40. The Morgan fingerprint density at radius 3 is 3.14 bits per heavy atom. The van der Waals surface area contributed by atoms with Gasteiger partial charge in [0, 0.05) is 30.8 Å². The number of carbonyl (C=O) groups is 2. The molecule has 4 heterocycles. The molecule has 3 aliphatic rings. The van der Waals surface area contributed by atoms with Gasteiger partial charge in [-0.25, -0.2) is 0 Å². The summed E-state index contributed by atoms with van der Waals surface area (Å²) in [5, 5.41) is 11.3. The number of aromatic nitrogens is 1. The summed E-state index contributed by atoms with van der Waals surface area (Å²) in [4.78, 5) is 29.6. The molecule has 0 aromatic carbocycles. The number of amides is 1. The Hall–Kier alpha value is -2.21. The van der Waals surface area contributed by atoms with Crippen molar-refractivity contribution < 1.29 is 19.4 Å². The second-order valence-electron chi connectivity index (χ2n) is 5.77. The Morgan fingerprint density at radius 1 is 1.57 bits per heavy atom. The van der Waals surface area contributed by atoms with Crippen molar-refractivity contribution in [2.75, 3.05) is 6.54 Å². The highest BCUT2D eigenvalue weighted by molar-refractivity contribution is 5.90. The van der Waals surface area contributed by atoms with Crippen LogP contribution in [0.2, 0.25) is 0 Å². The van der Waals surface area contributed by atoms with Crippen LogP contribution in [0.5, 0.6) is 0 Å². The topological polar surface area (TPSA) is 82.6 Å². The average molecular weight is 285 g/mol. The molecule has 21 heavy (non-hydrogen) atoms. The van der Waals surface area contributed by atoms with E-state index in [1.165, 1.54) is 0 Å². The van der Waals surface area contributed by atoms with Crippen LogP contribution in [-0.4, -0.2) is 40.0 Å². The van der Waals surface area contributed by atoms with Gasteiger partial charge < -0.3 is 19.5 Å². The number of rotatable bonds is 3. The predicted molar refractivity (Wildman–Crippen MR) is 68.4 cm³/mol. The van der Waals surface area contributed by atoms with Gasteiger partial charge in [0.25, 0.3) is 0 Å². The van der Waals surface area contributed by atoms with Gasteiger partial charge in [-0.3, -0.25) is 9.78 Å². The Bertz CT molecular complexity index is 644. The predicted octanol–water partition coefficient (Wildman–Crippen LogP) is -0.887. The number of aliphatic carboxylic acids is 1. The molecule has 1 aromatic heterocycles. The molecule has 4 rings (SSSR count). The second kappa shape index (κ2) is 4.14. The van der Waals surface area contributed by atoms with Crippen LogP contribution in [0, 0.1) is 11.8 Å². The minimum Gasteiger partial charge on any atom is -0.550 e. The van der Waals surface area contributed by atoms with E-state index in [0.717, 1.165) is 5.56 Å². The lowest BCUT2D eigenvalue weighted by Crippen LogP contribution is -2.45. The molecule has 2 bridgehead atoms. The summed E-state index contributed by atoms with van der Waals surface area (Å²) in [6.45, 7) is 0.786. The van der Waals surface area contributed by atoms with Crippen LogP contribution in [0.3, 0.4) is 0 Å². The SMILES string of the molecule is O=C([O-])[C@@H]1[C@@H]2C=C[C@]3(CN(Cc4cccnc4)C(=O)[C@H]13)O2. The normalized spacial score (nSPS) is 36.3. The molecule has 0 unspecified atom stereocenters. The van der Waals surface area contributed by atoms with Crippen molar-refractivity contribution in [2.24, 2.45) is 11.8 Å². The van der Waals surface area contributed by atoms with Crippen LogP contribution in [0.15, 0.2) is 36.7 Å². The van der Waals surface area contributed by atoms with E-state index in [0.29, 0.717) is 13.1 Å². The van der Waals surface area contributed by atoms with Gasteiger partial charge in [0.1, 0.15) is 5.60 Å². The van der Waals surface area contributed by atoms with Crippen molar-refractivity contribution in [2.45, 2.75) is 18.2 Å². The number of likely N-dealkylation sites (tertiary alicyclic amines) is 1. The van der Waals surface area contributed by atoms with Crippen LogP contribution in [0.1, 0.15) is 5.56 Å². The monoisotopic (exact) mass is 285 g/mol. The quantitative estimate of drug-likeness (QED) is 0.673. The van der Waals surface area contributed by atoms with E-state index in [1.54, 1.807) is 29.4 Å². The first-order chi connectivity index (χ1) is 10.1. The van der Waals surface area contributed by atoms with Gasteiger partial charge in [-0.1, -0.05) is 18.2 Å². The minimum absolute atomic E-state index is 0.181. The van der Waals surface area contributed by atoms with Crippen molar-refractivity contribution in [3.8, 4) is 0 Å². The first-order valence-electron chi connectivity index (χ1n) is 6.86. The number of hydrogen-bond donors (Lipinski definition) is 0. The molecular formula is C15H13N2O4-. The third-order valence-electron chi connectivity index (χ3n) is 4.55. The van der Waals surface area contributed by atoms with E-state index in [2.05, 4.69) is 4.98 Å². The van der Waals surface area contributed by atoms with Crippen molar-refractivity contribution >= 4 is 11.9 Å². The third-order valence-corrected chi connectivity index (χ3v) is 4.55. The fourth-order valence-electron chi connectivity index (χ4n) is 3.69. The maximum atomic E-state index is 12.6. The minimum atomic E-state index is -1.21. The average Bonchev–Trinajstić information content (AvgIpc) is 3.09. The summed E-state index contributed by atoms with van der Waals surface area (Å²) in [5.41, 5.74) is 0.111. The zero-order valence-corrected chi connectivity index (χ0v) is 11.1. The highest BCUT2D eigenvalue weighted by Gasteiger charge is 2.65. The van der Waals surface area contributed by atoms with Crippen molar-refractivity contribution in [1.29, 1.82) is 0 Å². The lowest BCUT2D eigenvalue weighted by molar-refractivity contribution is -0.313. The highest BCUT2D eigenvalue weighted by atomic mass is 16.5. The summed E-state index contributed by atoms with van der Waals surface area (Å²) < 4.78 is 5.79.